The number of hydrogen-bond acceptors (Lipinski definition) is 8. The molecule has 1 aliphatic rings. The van der Waals surface area contributed by atoms with Crippen LogP contribution in [0.4, 0.5) is 0 Å². The highest BCUT2D eigenvalue weighted by Gasteiger charge is 2.47. The van der Waals surface area contributed by atoms with Gasteiger partial charge in [-0.25, -0.2) is 0 Å². The third kappa shape index (κ3) is 11.6. The largest absolute Gasteiger partial charge is 0.466 e. The fourth-order valence-corrected chi connectivity index (χ4v) is 5.58. The minimum absolute atomic E-state index is 0.112. The van der Waals surface area contributed by atoms with Gasteiger partial charge in [0.2, 0.25) is 0 Å². The summed E-state index contributed by atoms with van der Waals surface area (Å²) in [5.74, 6) is -1.08. The van der Waals surface area contributed by atoms with E-state index in [1.807, 2.05) is 112 Å². The molecule has 0 unspecified atom stereocenters. The lowest BCUT2D eigenvalue weighted by Crippen LogP contribution is -2.57. The van der Waals surface area contributed by atoms with E-state index in [4.69, 9.17) is 28.4 Å². The zero-order valence-electron chi connectivity index (χ0n) is 27.8. The van der Waals surface area contributed by atoms with Gasteiger partial charge in [-0.05, 0) is 50.4 Å². The summed E-state index contributed by atoms with van der Waals surface area (Å²) in [6, 6.07) is 29.7. The van der Waals surface area contributed by atoms with Gasteiger partial charge in [-0.1, -0.05) is 104 Å². The second kappa shape index (κ2) is 18.9. The van der Waals surface area contributed by atoms with Gasteiger partial charge < -0.3 is 33.7 Å². The number of carbonyl (C=O) groups is 1. The number of rotatable bonds is 20. The molecule has 8 heteroatoms. The molecule has 1 fully saturated rings. The second-order valence-corrected chi connectivity index (χ2v) is 12.1. The molecule has 0 amide bonds. The first-order valence-electron chi connectivity index (χ1n) is 16.6. The van der Waals surface area contributed by atoms with Crippen molar-refractivity contribution in [1.82, 2.24) is 5.32 Å². The molecule has 3 aromatic rings. The highest BCUT2D eigenvalue weighted by atomic mass is 16.8. The van der Waals surface area contributed by atoms with Gasteiger partial charge in [0.1, 0.15) is 24.4 Å². The third-order valence-electron chi connectivity index (χ3n) is 7.93. The highest BCUT2D eigenvalue weighted by molar-refractivity contribution is 5.70. The quantitative estimate of drug-likeness (QED) is 0.110. The van der Waals surface area contributed by atoms with Crippen molar-refractivity contribution in [2.45, 2.75) is 103 Å². The Morgan fingerprint density at radius 1 is 0.804 bits per heavy atom. The Kier molecular flexibility index (Phi) is 14.7. The van der Waals surface area contributed by atoms with Gasteiger partial charge in [-0.2, -0.15) is 0 Å². The van der Waals surface area contributed by atoms with Crippen LogP contribution in [-0.4, -0.2) is 62.0 Å². The van der Waals surface area contributed by atoms with Gasteiger partial charge in [0.25, 0.3) is 0 Å². The predicted octanol–water partition coefficient (Wildman–Crippen LogP) is 6.61. The van der Waals surface area contributed by atoms with E-state index in [1.54, 1.807) is 0 Å². The number of ether oxygens (including phenoxy) is 6. The molecule has 1 saturated heterocycles. The molecule has 3 aromatic carbocycles. The van der Waals surface area contributed by atoms with Crippen LogP contribution in [0.15, 0.2) is 91.0 Å². The molecule has 46 heavy (non-hydrogen) atoms. The second-order valence-electron chi connectivity index (χ2n) is 12.1. The Morgan fingerprint density at radius 2 is 1.33 bits per heavy atom. The van der Waals surface area contributed by atoms with Crippen LogP contribution in [-0.2, 0) is 53.0 Å². The minimum Gasteiger partial charge on any atom is -0.466 e. The molecule has 1 aliphatic heterocycles. The van der Waals surface area contributed by atoms with Crippen LogP contribution in [0.25, 0.3) is 0 Å². The first-order valence-corrected chi connectivity index (χ1v) is 16.6. The fraction of sp³-hybridized carbons (Fsp3) is 0.500. The predicted molar refractivity (Wildman–Crippen MR) is 178 cm³/mol. The molecule has 0 saturated carbocycles. The molecule has 8 nitrogen and oxygen atoms in total. The Labute approximate surface area is 274 Å². The Balaban J connectivity index is 1.75. The normalized spacial score (nSPS) is 18.5. The Morgan fingerprint density at radius 3 is 1.80 bits per heavy atom. The van der Waals surface area contributed by atoms with Gasteiger partial charge in [0, 0.05) is 6.04 Å². The summed E-state index contributed by atoms with van der Waals surface area (Å²) in [7, 11) is 0. The minimum atomic E-state index is -0.785. The molecular formula is C38H51NO7. The van der Waals surface area contributed by atoms with E-state index >= 15 is 0 Å². The average molecular weight is 634 g/mol. The molecule has 1 heterocycles. The van der Waals surface area contributed by atoms with Crippen molar-refractivity contribution >= 4 is 5.97 Å². The van der Waals surface area contributed by atoms with E-state index in [9.17, 15) is 4.79 Å². The molecule has 0 radical (unpaired) electrons. The van der Waals surface area contributed by atoms with Crippen molar-refractivity contribution in [2.75, 3.05) is 19.8 Å². The zero-order valence-corrected chi connectivity index (χ0v) is 27.8. The van der Waals surface area contributed by atoms with Crippen molar-refractivity contribution in [3.05, 3.63) is 108 Å². The van der Waals surface area contributed by atoms with Crippen molar-refractivity contribution in [3.8, 4) is 0 Å². The zero-order chi connectivity index (χ0) is 32.6. The van der Waals surface area contributed by atoms with Gasteiger partial charge in [-0.3, -0.25) is 4.79 Å². The maximum absolute atomic E-state index is 13.1. The van der Waals surface area contributed by atoms with Crippen LogP contribution in [0, 0.1) is 0 Å². The Hall–Kier alpha value is -3.11. The van der Waals surface area contributed by atoms with Gasteiger partial charge in [0.15, 0.2) is 5.79 Å². The summed E-state index contributed by atoms with van der Waals surface area (Å²) in [6.45, 7) is 10.1. The van der Waals surface area contributed by atoms with Crippen molar-refractivity contribution in [3.63, 3.8) is 0 Å². The lowest BCUT2D eigenvalue weighted by atomic mass is 9.94. The third-order valence-corrected chi connectivity index (χ3v) is 7.93. The lowest BCUT2D eigenvalue weighted by Gasteiger charge is -2.39. The van der Waals surface area contributed by atoms with Crippen LogP contribution < -0.4 is 5.32 Å². The lowest BCUT2D eigenvalue weighted by molar-refractivity contribution is -0.205. The monoisotopic (exact) mass is 633 g/mol. The average Bonchev–Trinajstić information content (AvgIpc) is 3.43. The Bertz CT molecular complexity index is 1260. The smallest absolute Gasteiger partial charge is 0.307 e. The summed E-state index contributed by atoms with van der Waals surface area (Å²) >= 11 is 0. The fourth-order valence-electron chi connectivity index (χ4n) is 5.58. The van der Waals surface area contributed by atoms with Crippen LogP contribution >= 0.6 is 0 Å². The van der Waals surface area contributed by atoms with Gasteiger partial charge in [-0.15, -0.1) is 0 Å². The van der Waals surface area contributed by atoms with E-state index in [0.29, 0.717) is 39.6 Å². The standard InChI is InChI=1S/C38H51NO7/c1-5-7-23-39-32(24-34(40)41-6-2)35(42-25-29-17-11-8-12-18-29)37(44-27-31-21-15-10-16-22-31)36(33-28-45-38(3,4)46-33)43-26-30-19-13-9-14-20-30/h8-22,32-33,35-37,39H,5-7,23-28H2,1-4H3/t32-,33+,35-,36+,37+/m0/s1. The van der Waals surface area contributed by atoms with Crippen molar-refractivity contribution in [1.29, 1.82) is 0 Å². The van der Waals surface area contributed by atoms with Crippen LogP contribution in [0.5, 0.6) is 0 Å². The van der Waals surface area contributed by atoms with E-state index in [0.717, 1.165) is 29.5 Å². The number of carbonyl (C=O) groups excluding carboxylic acids is 1. The van der Waals surface area contributed by atoms with Gasteiger partial charge in [0.05, 0.1) is 39.5 Å². The maximum atomic E-state index is 13.1. The summed E-state index contributed by atoms with van der Waals surface area (Å²) < 4.78 is 38.4. The van der Waals surface area contributed by atoms with Crippen molar-refractivity contribution in [2.24, 2.45) is 0 Å². The summed E-state index contributed by atoms with van der Waals surface area (Å²) in [5.41, 5.74) is 3.06. The van der Waals surface area contributed by atoms with Gasteiger partial charge >= 0.3 is 5.97 Å². The summed E-state index contributed by atoms with van der Waals surface area (Å²) in [4.78, 5) is 13.1. The molecule has 1 N–H and O–H groups in total. The number of unbranched alkanes of at least 4 members (excludes halogenated alkanes) is 1. The van der Waals surface area contributed by atoms with Crippen LogP contribution in [0.1, 0.15) is 63.6 Å². The van der Waals surface area contributed by atoms with Crippen LogP contribution in [0.2, 0.25) is 0 Å². The number of benzene rings is 3. The molecule has 5 atom stereocenters. The van der Waals surface area contributed by atoms with E-state index in [-0.39, 0.29) is 12.4 Å². The van der Waals surface area contributed by atoms with E-state index in [1.165, 1.54) is 0 Å². The summed E-state index contributed by atoms with van der Waals surface area (Å²) in [5, 5.41) is 3.63. The topological polar surface area (TPSA) is 84.5 Å². The van der Waals surface area contributed by atoms with E-state index in [2.05, 4.69) is 12.2 Å². The molecule has 250 valence electrons. The number of nitrogens with one attached hydrogen (secondary N) is 1. The van der Waals surface area contributed by atoms with E-state index < -0.39 is 36.2 Å². The molecular weight excluding hydrogens is 582 g/mol. The molecule has 0 aliphatic carbocycles. The maximum Gasteiger partial charge on any atom is 0.307 e. The van der Waals surface area contributed by atoms with Crippen molar-refractivity contribution < 1.29 is 33.2 Å². The first-order chi connectivity index (χ1) is 22.4. The summed E-state index contributed by atoms with van der Waals surface area (Å²) in [6.07, 6.45) is -0.232. The number of hydrogen-bond donors (Lipinski definition) is 1. The highest BCUT2D eigenvalue weighted by Crippen LogP contribution is 2.31. The molecule has 0 bridgehead atoms. The number of esters is 1. The molecule has 4 rings (SSSR count). The first kappa shape index (κ1) is 35.7. The molecule has 0 aromatic heterocycles. The SMILES string of the molecule is CCCCN[C@@H](CC(=O)OCC)[C@H](OCc1ccccc1)[C@@H](OCc1ccccc1)[C@H](OCc1ccccc1)[C@H]1COC(C)(C)O1. The van der Waals surface area contributed by atoms with Crippen LogP contribution in [0.3, 0.4) is 0 Å². The molecule has 0 spiro atoms.